The van der Waals surface area contributed by atoms with Gasteiger partial charge in [-0.25, -0.2) is 8.42 Å². The monoisotopic (exact) mass is 286 g/mol. The first-order chi connectivity index (χ1) is 8.91. The summed E-state index contributed by atoms with van der Waals surface area (Å²) < 4.78 is 28.1. The molecular formula is C13H18O5S. The van der Waals surface area contributed by atoms with Crippen molar-refractivity contribution in [3.63, 3.8) is 0 Å². The number of aryl methyl sites for hydroxylation is 1. The van der Waals surface area contributed by atoms with Gasteiger partial charge in [-0.1, -0.05) is 18.2 Å². The standard InChI is InChI=1S/C13H18O5S/c1-11-6-2-3-7-12(11)18-8-4-5-9-19(16,17)10-13(14)15/h2-3,6-7H,4-5,8-10H2,1H3,(H,14,15). The van der Waals surface area contributed by atoms with Crippen LogP contribution in [0.25, 0.3) is 0 Å². The van der Waals surface area contributed by atoms with Gasteiger partial charge in [0.25, 0.3) is 0 Å². The highest BCUT2D eigenvalue weighted by molar-refractivity contribution is 7.92. The van der Waals surface area contributed by atoms with Gasteiger partial charge in [0, 0.05) is 0 Å². The van der Waals surface area contributed by atoms with Crippen LogP contribution in [0.3, 0.4) is 0 Å². The molecule has 0 spiro atoms. The molecule has 106 valence electrons. The summed E-state index contributed by atoms with van der Waals surface area (Å²) in [5.41, 5.74) is 1.03. The van der Waals surface area contributed by atoms with Crippen LogP contribution in [-0.2, 0) is 14.6 Å². The van der Waals surface area contributed by atoms with Gasteiger partial charge in [-0.15, -0.1) is 0 Å². The summed E-state index contributed by atoms with van der Waals surface area (Å²) in [5.74, 6) is -1.44. The topological polar surface area (TPSA) is 80.7 Å². The minimum absolute atomic E-state index is 0.115. The van der Waals surface area contributed by atoms with Gasteiger partial charge in [-0.2, -0.15) is 0 Å². The molecular weight excluding hydrogens is 268 g/mol. The number of benzene rings is 1. The van der Waals surface area contributed by atoms with E-state index < -0.39 is 21.6 Å². The first-order valence-corrected chi connectivity index (χ1v) is 7.83. The van der Waals surface area contributed by atoms with Crippen LogP contribution in [0.4, 0.5) is 0 Å². The predicted molar refractivity (Wildman–Crippen MR) is 72.2 cm³/mol. The van der Waals surface area contributed by atoms with Crippen LogP contribution < -0.4 is 4.74 Å². The fraction of sp³-hybridized carbons (Fsp3) is 0.462. The summed E-state index contributed by atoms with van der Waals surface area (Å²) in [4.78, 5) is 10.3. The zero-order chi connectivity index (χ0) is 14.3. The molecule has 0 unspecified atom stereocenters. The number of hydrogen-bond donors (Lipinski definition) is 1. The van der Waals surface area contributed by atoms with Gasteiger partial charge in [0.1, 0.15) is 11.5 Å². The Balaban J connectivity index is 2.25. The van der Waals surface area contributed by atoms with E-state index >= 15 is 0 Å². The predicted octanol–water partition coefficient (Wildman–Crippen LogP) is 1.65. The van der Waals surface area contributed by atoms with Crippen LogP contribution in [0.1, 0.15) is 18.4 Å². The Morgan fingerprint density at radius 1 is 1.26 bits per heavy atom. The normalized spacial score (nSPS) is 11.2. The highest BCUT2D eigenvalue weighted by Gasteiger charge is 2.15. The van der Waals surface area contributed by atoms with E-state index in [4.69, 9.17) is 9.84 Å². The number of sulfone groups is 1. The Labute approximate surface area is 113 Å². The largest absolute Gasteiger partial charge is 0.493 e. The first-order valence-electron chi connectivity index (χ1n) is 6.01. The molecule has 0 amide bonds. The van der Waals surface area contributed by atoms with Crippen molar-refractivity contribution >= 4 is 15.8 Å². The van der Waals surface area contributed by atoms with E-state index in [1.807, 2.05) is 31.2 Å². The third-order valence-corrected chi connectivity index (χ3v) is 4.14. The summed E-state index contributed by atoms with van der Waals surface area (Å²) in [5, 5.41) is 8.43. The molecule has 0 bridgehead atoms. The molecule has 0 radical (unpaired) electrons. The average molecular weight is 286 g/mol. The molecule has 6 heteroatoms. The van der Waals surface area contributed by atoms with Crippen molar-refractivity contribution in [2.45, 2.75) is 19.8 Å². The van der Waals surface area contributed by atoms with Crippen molar-refractivity contribution < 1.29 is 23.1 Å². The number of carbonyl (C=O) groups is 1. The van der Waals surface area contributed by atoms with Crippen LogP contribution in [0.15, 0.2) is 24.3 Å². The second-order valence-corrected chi connectivity index (χ2v) is 6.49. The van der Waals surface area contributed by atoms with Crippen molar-refractivity contribution in [1.82, 2.24) is 0 Å². The molecule has 5 nitrogen and oxygen atoms in total. The average Bonchev–Trinajstić information content (AvgIpc) is 2.29. The quantitative estimate of drug-likeness (QED) is 0.735. The summed E-state index contributed by atoms with van der Waals surface area (Å²) in [6.45, 7) is 2.36. The maximum absolute atomic E-state index is 11.3. The minimum Gasteiger partial charge on any atom is -0.493 e. The first kappa shape index (κ1) is 15.5. The molecule has 1 rings (SSSR count). The highest BCUT2D eigenvalue weighted by Crippen LogP contribution is 2.16. The Morgan fingerprint density at radius 3 is 2.58 bits per heavy atom. The fourth-order valence-electron chi connectivity index (χ4n) is 1.58. The van der Waals surface area contributed by atoms with Gasteiger partial charge in [-0.05, 0) is 31.4 Å². The molecule has 1 N–H and O–H groups in total. The molecule has 19 heavy (non-hydrogen) atoms. The van der Waals surface area contributed by atoms with Crippen LogP contribution >= 0.6 is 0 Å². The number of unbranched alkanes of at least 4 members (excludes halogenated alkanes) is 1. The molecule has 0 fully saturated rings. The maximum atomic E-state index is 11.3. The number of carboxylic acid groups (broad SMARTS) is 1. The lowest BCUT2D eigenvalue weighted by Crippen LogP contribution is -2.18. The van der Waals surface area contributed by atoms with Gasteiger partial charge >= 0.3 is 5.97 Å². The van der Waals surface area contributed by atoms with Crippen molar-refractivity contribution in [1.29, 1.82) is 0 Å². The van der Waals surface area contributed by atoms with Gasteiger partial charge < -0.3 is 9.84 Å². The van der Waals surface area contributed by atoms with Crippen LogP contribution in [0.2, 0.25) is 0 Å². The molecule has 0 aliphatic heterocycles. The van der Waals surface area contributed by atoms with Gasteiger partial charge in [-0.3, -0.25) is 4.79 Å². The van der Waals surface area contributed by atoms with Gasteiger partial charge in [0.05, 0.1) is 12.4 Å². The van der Waals surface area contributed by atoms with Crippen LogP contribution in [0, 0.1) is 6.92 Å². The maximum Gasteiger partial charge on any atom is 0.318 e. The minimum atomic E-state index is -3.49. The van der Waals surface area contributed by atoms with Gasteiger partial charge in [0.15, 0.2) is 9.84 Å². The number of aliphatic carboxylic acids is 1. The van der Waals surface area contributed by atoms with E-state index in [9.17, 15) is 13.2 Å². The zero-order valence-electron chi connectivity index (χ0n) is 10.8. The smallest absolute Gasteiger partial charge is 0.318 e. The van der Waals surface area contributed by atoms with E-state index in [2.05, 4.69) is 0 Å². The molecule has 1 aromatic carbocycles. The zero-order valence-corrected chi connectivity index (χ0v) is 11.6. The SMILES string of the molecule is Cc1ccccc1OCCCCS(=O)(=O)CC(=O)O. The summed E-state index contributed by atoms with van der Waals surface area (Å²) in [6.07, 6.45) is 0.981. The molecule has 0 saturated carbocycles. The number of para-hydroxylation sites is 1. The third kappa shape index (κ3) is 6.24. The molecule has 0 aliphatic rings. The van der Waals surface area contributed by atoms with E-state index in [0.29, 0.717) is 19.4 Å². The second-order valence-electron chi connectivity index (χ2n) is 4.31. The van der Waals surface area contributed by atoms with Crippen LogP contribution in [0.5, 0.6) is 5.75 Å². The molecule has 1 aromatic rings. The molecule has 0 saturated heterocycles. The van der Waals surface area contributed by atoms with Crippen molar-refractivity contribution in [2.24, 2.45) is 0 Å². The summed E-state index contributed by atoms with van der Waals surface area (Å²) >= 11 is 0. The van der Waals surface area contributed by atoms with E-state index in [1.54, 1.807) is 0 Å². The second kappa shape index (κ2) is 7.13. The van der Waals surface area contributed by atoms with E-state index in [-0.39, 0.29) is 5.75 Å². The summed E-state index contributed by atoms with van der Waals surface area (Å²) in [7, 11) is -3.49. The number of rotatable bonds is 8. The van der Waals surface area contributed by atoms with Crippen LogP contribution in [-0.4, -0.2) is 37.6 Å². The number of hydrogen-bond acceptors (Lipinski definition) is 4. The lowest BCUT2D eigenvalue weighted by atomic mass is 10.2. The summed E-state index contributed by atoms with van der Waals surface area (Å²) in [6, 6.07) is 7.59. The Kier molecular flexibility index (Phi) is 5.82. The highest BCUT2D eigenvalue weighted by atomic mass is 32.2. The Bertz CT molecular complexity index is 522. The van der Waals surface area contributed by atoms with E-state index in [1.165, 1.54) is 0 Å². The fourth-order valence-corrected chi connectivity index (χ4v) is 2.75. The van der Waals surface area contributed by atoms with Crippen molar-refractivity contribution in [2.75, 3.05) is 18.1 Å². The van der Waals surface area contributed by atoms with Crippen molar-refractivity contribution in [3.8, 4) is 5.75 Å². The lowest BCUT2D eigenvalue weighted by Gasteiger charge is -2.08. The Hall–Kier alpha value is -1.56. The Morgan fingerprint density at radius 2 is 1.95 bits per heavy atom. The molecule has 0 aliphatic carbocycles. The number of ether oxygens (including phenoxy) is 1. The molecule has 0 atom stereocenters. The molecule has 0 aromatic heterocycles. The number of carboxylic acids is 1. The van der Waals surface area contributed by atoms with E-state index in [0.717, 1.165) is 11.3 Å². The lowest BCUT2D eigenvalue weighted by molar-refractivity contribution is -0.134. The van der Waals surface area contributed by atoms with Gasteiger partial charge in [0.2, 0.25) is 0 Å². The molecule has 0 heterocycles. The van der Waals surface area contributed by atoms with Crippen molar-refractivity contribution in [3.05, 3.63) is 29.8 Å². The third-order valence-electron chi connectivity index (χ3n) is 2.54.